The van der Waals surface area contributed by atoms with Crippen molar-refractivity contribution >= 4 is 23.4 Å². The molecule has 0 spiro atoms. The van der Waals surface area contributed by atoms with E-state index in [1.165, 1.54) is 0 Å². The number of aromatic nitrogens is 2. The minimum Gasteiger partial charge on any atom is -0.403 e. The van der Waals surface area contributed by atoms with E-state index in [0.717, 1.165) is 33.4 Å². The van der Waals surface area contributed by atoms with Crippen molar-refractivity contribution in [3.05, 3.63) is 85.3 Å². The van der Waals surface area contributed by atoms with Gasteiger partial charge in [0.1, 0.15) is 0 Å². The van der Waals surface area contributed by atoms with Crippen molar-refractivity contribution < 1.29 is 0 Å². The summed E-state index contributed by atoms with van der Waals surface area (Å²) in [4.78, 5) is 0. The molecule has 0 saturated carbocycles. The summed E-state index contributed by atoms with van der Waals surface area (Å²) in [6.07, 6.45) is 8.88. The zero-order valence-electron chi connectivity index (χ0n) is 14.3. The molecule has 4 rings (SSSR count). The predicted octanol–water partition coefficient (Wildman–Crippen LogP) is 4.55. The van der Waals surface area contributed by atoms with Crippen LogP contribution in [0.25, 0.3) is 45.8 Å². The van der Waals surface area contributed by atoms with Crippen LogP contribution in [0.5, 0.6) is 0 Å². The lowest BCUT2D eigenvalue weighted by atomic mass is 10.0. The summed E-state index contributed by atoms with van der Waals surface area (Å²) >= 11 is 0. The SMILES string of the molecule is NC=Cn1ccc2c1c(-c1ccccc1)c(-c1ccccc1)n2C=CN. The second kappa shape index (κ2) is 6.69. The number of nitrogens with two attached hydrogens (primary N) is 2. The van der Waals surface area contributed by atoms with E-state index in [4.69, 9.17) is 11.5 Å². The fourth-order valence-corrected chi connectivity index (χ4v) is 3.46. The molecule has 0 amide bonds. The largest absolute Gasteiger partial charge is 0.403 e. The minimum absolute atomic E-state index is 1.07. The Kier molecular flexibility index (Phi) is 4.07. The van der Waals surface area contributed by atoms with Crippen molar-refractivity contribution in [2.75, 3.05) is 0 Å². The second-order valence-corrected chi connectivity index (χ2v) is 5.97. The molecular weight excluding hydrogens is 320 g/mol. The van der Waals surface area contributed by atoms with Crippen LogP contribution in [0.2, 0.25) is 0 Å². The number of hydrogen-bond donors (Lipinski definition) is 2. The maximum Gasteiger partial charge on any atom is 0.0794 e. The summed E-state index contributed by atoms with van der Waals surface area (Å²) in [5.74, 6) is 0. The molecule has 4 N–H and O–H groups in total. The van der Waals surface area contributed by atoms with Crippen LogP contribution in [0.1, 0.15) is 0 Å². The van der Waals surface area contributed by atoms with Gasteiger partial charge in [0.15, 0.2) is 0 Å². The highest BCUT2D eigenvalue weighted by atomic mass is 15.0. The molecule has 2 heterocycles. The predicted molar refractivity (Wildman–Crippen MR) is 110 cm³/mol. The Labute approximate surface area is 152 Å². The molecule has 2 aromatic carbocycles. The molecule has 0 saturated heterocycles. The van der Waals surface area contributed by atoms with Gasteiger partial charge in [-0.3, -0.25) is 0 Å². The average molecular weight is 340 g/mol. The Bertz CT molecular complexity index is 1080. The molecule has 0 unspecified atom stereocenters. The standard InChI is InChI=1S/C22H20N4/c23-12-15-25-14-11-19-22(25)20(17-7-3-1-4-8-17)21(26(19)16-13-24)18-9-5-2-6-10-18/h1-16H,23-24H2. The Hall–Kier alpha value is -3.66. The van der Waals surface area contributed by atoms with Crippen molar-refractivity contribution in [2.45, 2.75) is 0 Å². The zero-order chi connectivity index (χ0) is 17.9. The Morgan fingerprint density at radius 1 is 0.692 bits per heavy atom. The summed E-state index contributed by atoms with van der Waals surface area (Å²) in [7, 11) is 0. The molecule has 0 atom stereocenters. The summed E-state index contributed by atoms with van der Waals surface area (Å²) in [5, 5.41) is 0. The molecule has 0 radical (unpaired) electrons. The first kappa shape index (κ1) is 15.8. The Morgan fingerprint density at radius 2 is 1.31 bits per heavy atom. The average Bonchev–Trinajstić information content (AvgIpc) is 3.23. The smallest absolute Gasteiger partial charge is 0.0794 e. The first-order valence-corrected chi connectivity index (χ1v) is 8.47. The van der Waals surface area contributed by atoms with Gasteiger partial charge < -0.3 is 20.6 Å². The van der Waals surface area contributed by atoms with E-state index >= 15 is 0 Å². The maximum atomic E-state index is 5.77. The van der Waals surface area contributed by atoms with Crippen LogP contribution in [0.3, 0.4) is 0 Å². The van der Waals surface area contributed by atoms with Crippen LogP contribution in [0, 0.1) is 0 Å². The van der Waals surface area contributed by atoms with Gasteiger partial charge in [0.25, 0.3) is 0 Å². The molecular formula is C22H20N4. The molecule has 0 aliphatic heterocycles. The third-order valence-corrected chi connectivity index (χ3v) is 4.46. The van der Waals surface area contributed by atoms with Crippen LogP contribution in [-0.2, 0) is 0 Å². The molecule has 0 fully saturated rings. The molecule has 128 valence electrons. The third-order valence-electron chi connectivity index (χ3n) is 4.46. The Balaban J connectivity index is 2.18. The van der Waals surface area contributed by atoms with Crippen molar-refractivity contribution in [1.29, 1.82) is 0 Å². The lowest BCUT2D eigenvalue weighted by Crippen LogP contribution is -1.93. The van der Waals surface area contributed by atoms with Gasteiger partial charge in [0.05, 0.1) is 16.7 Å². The fraction of sp³-hybridized carbons (Fsp3) is 0. The van der Waals surface area contributed by atoms with Crippen molar-refractivity contribution in [3.63, 3.8) is 0 Å². The number of hydrogen-bond acceptors (Lipinski definition) is 2. The van der Waals surface area contributed by atoms with Gasteiger partial charge in [0.2, 0.25) is 0 Å². The molecule has 0 bridgehead atoms. The van der Waals surface area contributed by atoms with E-state index in [2.05, 4.69) is 47.0 Å². The second-order valence-electron chi connectivity index (χ2n) is 5.97. The highest BCUT2D eigenvalue weighted by Gasteiger charge is 2.21. The van der Waals surface area contributed by atoms with Gasteiger partial charge in [-0.25, -0.2) is 0 Å². The van der Waals surface area contributed by atoms with Crippen LogP contribution in [0.15, 0.2) is 85.3 Å². The van der Waals surface area contributed by atoms with Gasteiger partial charge in [-0.1, -0.05) is 60.7 Å². The normalized spacial score (nSPS) is 11.8. The van der Waals surface area contributed by atoms with E-state index in [9.17, 15) is 0 Å². The van der Waals surface area contributed by atoms with Gasteiger partial charge in [-0.15, -0.1) is 0 Å². The first-order chi connectivity index (χ1) is 12.8. The molecule has 4 nitrogen and oxygen atoms in total. The topological polar surface area (TPSA) is 61.9 Å². The van der Waals surface area contributed by atoms with E-state index in [-0.39, 0.29) is 0 Å². The summed E-state index contributed by atoms with van der Waals surface area (Å²) in [6, 6.07) is 22.8. The zero-order valence-corrected chi connectivity index (χ0v) is 14.3. The van der Waals surface area contributed by atoms with E-state index in [1.54, 1.807) is 12.4 Å². The maximum absolute atomic E-state index is 5.77. The fourth-order valence-electron chi connectivity index (χ4n) is 3.46. The van der Waals surface area contributed by atoms with E-state index in [1.807, 2.05) is 47.4 Å². The molecule has 0 aliphatic carbocycles. The number of rotatable bonds is 4. The van der Waals surface area contributed by atoms with Crippen molar-refractivity contribution in [1.82, 2.24) is 9.13 Å². The molecule has 4 heteroatoms. The monoisotopic (exact) mass is 340 g/mol. The van der Waals surface area contributed by atoms with Gasteiger partial charge >= 0.3 is 0 Å². The quantitative estimate of drug-likeness (QED) is 0.572. The van der Waals surface area contributed by atoms with Crippen LogP contribution < -0.4 is 11.5 Å². The summed E-state index contributed by atoms with van der Waals surface area (Å²) in [5.41, 5.74) is 18.1. The lowest BCUT2D eigenvalue weighted by Gasteiger charge is -2.10. The van der Waals surface area contributed by atoms with E-state index < -0.39 is 0 Å². The highest BCUT2D eigenvalue weighted by molar-refractivity contribution is 6.05. The molecule has 4 aromatic rings. The molecule has 0 aliphatic rings. The first-order valence-electron chi connectivity index (χ1n) is 8.47. The van der Waals surface area contributed by atoms with Crippen LogP contribution in [-0.4, -0.2) is 9.13 Å². The lowest BCUT2D eigenvalue weighted by molar-refractivity contribution is 1.22. The number of fused-ring (bicyclic) bond motifs is 1. The molecule has 2 aromatic heterocycles. The van der Waals surface area contributed by atoms with Gasteiger partial charge in [0, 0.05) is 36.6 Å². The van der Waals surface area contributed by atoms with Crippen molar-refractivity contribution in [2.24, 2.45) is 11.5 Å². The van der Waals surface area contributed by atoms with Crippen molar-refractivity contribution in [3.8, 4) is 22.4 Å². The third kappa shape index (κ3) is 2.48. The number of nitrogens with zero attached hydrogens (tertiary/aromatic N) is 2. The Morgan fingerprint density at radius 3 is 1.92 bits per heavy atom. The van der Waals surface area contributed by atoms with Gasteiger partial charge in [-0.05, 0) is 17.2 Å². The van der Waals surface area contributed by atoms with Crippen LogP contribution in [0.4, 0.5) is 0 Å². The van der Waals surface area contributed by atoms with Crippen LogP contribution >= 0.6 is 0 Å². The number of benzene rings is 2. The summed E-state index contributed by atoms with van der Waals surface area (Å²) < 4.78 is 4.18. The van der Waals surface area contributed by atoms with Gasteiger partial charge in [-0.2, -0.15) is 0 Å². The van der Waals surface area contributed by atoms with E-state index in [0.29, 0.717) is 0 Å². The highest BCUT2D eigenvalue weighted by Crippen LogP contribution is 2.41. The summed E-state index contributed by atoms with van der Waals surface area (Å²) in [6.45, 7) is 0. The minimum atomic E-state index is 1.07. The molecule has 26 heavy (non-hydrogen) atoms.